The van der Waals surface area contributed by atoms with Gasteiger partial charge in [-0.3, -0.25) is 33.6 Å². The third-order valence-electron chi connectivity index (χ3n) is 8.28. The molecule has 0 saturated carbocycles. The number of aliphatic hydroxyl groups is 2. The van der Waals surface area contributed by atoms with Crippen LogP contribution in [0.2, 0.25) is 0 Å². The smallest absolute Gasteiger partial charge is 0.251 e. The van der Waals surface area contributed by atoms with Gasteiger partial charge in [-0.05, 0) is 55.4 Å². The number of amides is 7. The summed E-state index contributed by atoms with van der Waals surface area (Å²) >= 11 is 0. The molecule has 0 aliphatic rings. The molecule has 10 N–H and O–H groups in total. The molecule has 7 amide bonds. The summed E-state index contributed by atoms with van der Waals surface area (Å²) in [4.78, 5) is 88.0. The molecule has 0 bridgehead atoms. The van der Waals surface area contributed by atoms with E-state index >= 15 is 0 Å². The predicted octanol–water partition coefficient (Wildman–Crippen LogP) is -1.67. The largest absolute Gasteiger partial charge is 0.394 e. The van der Waals surface area contributed by atoms with Crippen LogP contribution in [0.5, 0.6) is 0 Å². The Balaban J connectivity index is 2.22. The molecule has 0 spiro atoms. The third-order valence-corrected chi connectivity index (χ3v) is 8.28. The quantitative estimate of drug-likeness (QED) is 0.0736. The van der Waals surface area contributed by atoms with E-state index in [4.69, 9.17) is 5.73 Å². The van der Waals surface area contributed by atoms with Gasteiger partial charge in [0.25, 0.3) is 5.91 Å². The predicted molar refractivity (Wildman–Crippen MR) is 195 cm³/mol. The van der Waals surface area contributed by atoms with Crippen LogP contribution in [0.3, 0.4) is 0 Å². The Hall–Kier alpha value is -5.43. The minimum Gasteiger partial charge on any atom is -0.394 e. The highest BCUT2D eigenvalue weighted by Crippen LogP contribution is 2.24. The highest BCUT2D eigenvalue weighted by atomic mass is 16.3. The number of nitrogens with two attached hydrogens (primary N) is 1. The summed E-state index contributed by atoms with van der Waals surface area (Å²) in [6, 6.07) is -0.421. The molecule has 6 atom stereocenters. The van der Waals surface area contributed by atoms with Crippen LogP contribution < -0.4 is 37.6 Å². The normalized spacial score (nSPS) is 14.6. The van der Waals surface area contributed by atoms with Crippen molar-refractivity contribution in [1.29, 1.82) is 0 Å². The third kappa shape index (κ3) is 12.9. The van der Waals surface area contributed by atoms with Crippen molar-refractivity contribution in [2.24, 2.45) is 23.5 Å². The van der Waals surface area contributed by atoms with Crippen LogP contribution in [0.25, 0.3) is 5.69 Å². The average molecular weight is 759 g/mol. The monoisotopic (exact) mass is 758 g/mol. The second-order valence-electron chi connectivity index (χ2n) is 14.0. The number of primary amides is 1. The molecular formula is C35H54N10O9. The van der Waals surface area contributed by atoms with E-state index in [9.17, 15) is 43.8 Å². The Morgan fingerprint density at radius 1 is 0.704 bits per heavy atom. The van der Waals surface area contributed by atoms with Gasteiger partial charge < -0.3 is 47.8 Å². The van der Waals surface area contributed by atoms with Gasteiger partial charge in [-0.25, -0.2) is 4.68 Å². The van der Waals surface area contributed by atoms with Gasteiger partial charge in [-0.2, -0.15) is 0 Å². The molecule has 54 heavy (non-hydrogen) atoms. The lowest BCUT2D eigenvalue weighted by atomic mass is 9.98. The van der Waals surface area contributed by atoms with Crippen molar-refractivity contribution in [2.75, 3.05) is 13.2 Å². The first-order valence-electron chi connectivity index (χ1n) is 17.6. The minimum atomic E-state index is -1.51. The summed E-state index contributed by atoms with van der Waals surface area (Å²) in [7, 11) is 0. The molecule has 0 aliphatic heterocycles. The van der Waals surface area contributed by atoms with Gasteiger partial charge in [0.15, 0.2) is 0 Å². The van der Waals surface area contributed by atoms with E-state index in [1.807, 2.05) is 13.8 Å². The van der Waals surface area contributed by atoms with Gasteiger partial charge in [-0.1, -0.05) is 46.8 Å². The van der Waals surface area contributed by atoms with Crippen molar-refractivity contribution in [3.63, 3.8) is 0 Å². The molecule has 0 fully saturated rings. The van der Waals surface area contributed by atoms with E-state index in [2.05, 4.69) is 42.2 Å². The summed E-state index contributed by atoms with van der Waals surface area (Å²) in [6.45, 7) is 11.9. The SMILES string of the molecule is CC(=O)N[C@@H](C)C(=O)N[C@H](C(=O)N[C@@H](CC(C)C)c1cnnn1-c1ccc(C(=O)N[C@@H](CO)C(=O)N[C@@H](CO)C(=O)N[C@H](C(N)=O)C(C)C)cc1)C(C)C. The fourth-order valence-electron chi connectivity index (χ4n) is 5.33. The average Bonchev–Trinajstić information content (AvgIpc) is 3.59. The molecule has 19 heteroatoms. The van der Waals surface area contributed by atoms with Crippen molar-refractivity contribution in [1.82, 2.24) is 46.9 Å². The lowest BCUT2D eigenvalue weighted by Crippen LogP contribution is -2.59. The molecule has 19 nitrogen and oxygen atoms in total. The maximum atomic E-state index is 13.6. The summed E-state index contributed by atoms with van der Waals surface area (Å²) in [6.07, 6.45) is 1.98. The first-order valence-corrected chi connectivity index (χ1v) is 17.6. The topological polar surface area (TPSA) is 289 Å². The Kier molecular flexibility index (Phi) is 17.2. The van der Waals surface area contributed by atoms with Crippen LogP contribution >= 0.6 is 0 Å². The van der Waals surface area contributed by atoms with E-state index in [0.29, 0.717) is 17.8 Å². The zero-order chi connectivity index (χ0) is 40.9. The number of hydrogen-bond donors (Lipinski definition) is 9. The number of aromatic nitrogens is 3. The zero-order valence-electron chi connectivity index (χ0n) is 31.9. The Bertz CT molecular complexity index is 1630. The first kappa shape index (κ1) is 44.7. The number of carbonyl (C=O) groups is 7. The summed E-state index contributed by atoms with van der Waals surface area (Å²) in [5.41, 5.74) is 6.41. The number of carbonyl (C=O) groups excluding carboxylic acids is 7. The second kappa shape index (κ2) is 20.7. The number of hydrogen-bond acceptors (Lipinski definition) is 11. The van der Waals surface area contributed by atoms with Crippen molar-refractivity contribution >= 4 is 41.4 Å². The van der Waals surface area contributed by atoms with E-state index < -0.39 is 84.9 Å². The number of nitrogens with one attached hydrogen (secondary N) is 6. The van der Waals surface area contributed by atoms with Crippen LogP contribution in [0.4, 0.5) is 0 Å². The van der Waals surface area contributed by atoms with Crippen molar-refractivity contribution in [3.05, 3.63) is 41.7 Å². The molecular weight excluding hydrogens is 704 g/mol. The molecule has 1 aromatic carbocycles. The fraction of sp³-hybridized carbons (Fsp3) is 0.571. The van der Waals surface area contributed by atoms with Crippen molar-refractivity contribution in [3.8, 4) is 5.69 Å². The maximum Gasteiger partial charge on any atom is 0.251 e. The van der Waals surface area contributed by atoms with Gasteiger partial charge in [-0.15, -0.1) is 5.10 Å². The molecule has 0 saturated heterocycles. The number of aliphatic hydroxyl groups excluding tert-OH is 2. The summed E-state index contributed by atoms with van der Waals surface area (Å²) < 4.78 is 1.49. The maximum absolute atomic E-state index is 13.6. The van der Waals surface area contributed by atoms with Crippen LogP contribution in [-0.4, -0.2) is 110 Å². The molecule has 0 radical (unpaired) electrons. The lowest BCUT2D eigenvalue weighted by molar-refractivity contribution is -0.133. The van der Waals surface area contributed by atoms with Gasteiger partial charge in [0.1, 0.15) is 30.2 Å². The molecule has 1 heterocycles. The van der Waals surface area contributed by atoms with Gasteiger partial charge in [0.05, 0.1) is 36.8 Å². The van der Waals surface area contributed by atoms with E-state index in [1.165, 1.54) is 36.9 Å². The molecule has 298 valence electrons. The van der Waals surface area contributed by atoms with Gasteiger partial charge in [0.2, 0.25) is 35.4 Å². The Morgan fingerprint density at radius 3 is 1.74 bits per heavy atom. The molecule has 0 unspecified atom stereocenters. The number of benzene rings is 1. The van der Waals surface area contributed by atoms with Gasteiger partial charge in [0, 0.05) is 12.5 Å². The summed E-state index contributed by atoms with van der Waals surface area (Å²) in [5.74, 6) is -5.29. The number of rotatable bonds is 20. The van der Waals surface area contributed by atoms with E-state index in [0.717, 1.165) is 0 Å². The number of nitrogens with zero attached hydrogens (tertiary/aromatic N) is 3. The fourth-order valence-corrected chi connectivity index (χ4v) is 5.33. The zero-order valence-corrected chi connectivity index (χ0v) is 31.9. The molecule has 2 aromatic rings. The highest BCUT2D eigenvalue weighted by Gasteiger charge is 2.32. The van der Waals surface area contributed by atoms with Crippen LogP contribution in [0.1, 0.15) is 83.9 Å². The Labute approximate surface area is 313 Å². The van der Waals surface area contributed by atoms with Crippen LogP contribution in [-0.2, 0) is 28.8 Å². The second-order valence-corrected chi connectivity index (χ2v) is 14.0. The minimum absolute atomic E-state index is 0.0976. The molecule has 1 aromatic heterocycles. The first-order chi connectivity index (χ1) is 25.3. The van der Waals surface area contributed by atoms with Crippen molar-refractivity contribution < 1.29 is 43.8 Å². The summed E-state index contributed by atoms with van der Waals surface area (Å²) in [5, 5.41) is 43.0. The lowest BCUT2D eigenvalue weighted by Gasteiger charge is -2.27. The Morgan fingerprint density at radius 2 is 1.24 bits per heavy atom. The van der Waals surface area contributed by atoms with E-state index in [-0.39, 0.29) is 29.2 Å². The van der Waals surface area contributed by atoms with E-state index in [1.54, 1.807) is 39.8 Å². The standard InChI is InChI=1S/C35H54N10O9/c1-17(2)13-24(39-35(54)29(19(5)6)43-31(50)20(7)38-21(8)48)27-14-37-44-45(27)23-11-9-22(10-12-23)32(51)40-25(15-46)33(52)41-26(16-47)34(53)42-28(18(3)4)30(36)49/h9-12,14,17-20,24-26,28-29,46-47H,13,15-16H2,1-8H3,(H2,36,49)(H,38,48)(H,39,54)(H,40,51)(H,41,52)(H,42,53)(H,43,50)/t20-,24-,25-,26-,28-,29-/m0/s1. The van der Waals surface area contributed by atoms with Crippen LogP contribution in [0, 0.1) is 17.8 Å². The van der Waals surface area contributed by atoms with Gasteiger partial charge >= 0.3 is 0 Å². The highest BCUT2D eigenvalue weighted by molar-refractivity contribution is 5.99. The van der Waals surface area contributed by atoms with Crippen LogP contribution in [0.15, 0.2) is 30.5 Å². The molecule has 0 aliphatic carbocycles. The van der Waals surface area contributed by atoms with Crippen molar-refractivity contribution in [2.45, 2.75) is 98.1 Å². The molecule has 2 rings (SSSR count).